The van der Waals surface area contributed by atoms with Gasteiger partial charge in [0.05, 0.1) is 16.8 Å². The largest absolute Gasteiger partial charge is 0.484 e. The number of carbonyl (C=O) groups excluding carboxylic acids is 2. The molecule has 4 aromatic rings. The third-order valence-electron chi connectivity index (χ3n) is 4.99. The lowest BCUT2D eigenvalue weighted by Crippen LogP contribution is -2.24. The lowest BCUT2D eigenvalue weighted by Gasteiger charge is -2.09. The number of halogens is 2. The summed E-state index contributed by atoms with van der Waals surface area (Å²) in [6, 6.07) is 29.1. The highest BCUT2D eigenvalue weighted by atomic mass is 79.9. The molecule has 0 saturated carbocycles. The van der Waals surface area contributed by atoms with Crippen LogP contribution in [0.2, 0.25) is 5.02 Å². The number of rotatable bonds is 8. The van der Waals surface area contributed by atoms with E-state index in [4.69, 9.17) is 21.1 Å². The van der Waals surface area contributed by atoms with Crippen LogP contribution < -0.4 is 14.9 Å². The Bertz CT molecular complexity index is 1390. The molecule has 0 radical (unpaired) electrons. The highest BCUT2D eigenvalue weighted by Crippen LogP contribution is 2.25. The molecule has 0 unspecified atom stereocenters. The number of ether oxygens (including phenoxy) is 2. The fourth-order valence-electron chi connectivity index (χ4n) is 3.22. The summed E-state index contributed by atoms with van der Waals surface area (Å²) in [5, 5.41) is 4.25. The Hall–Kier alpha value is -3.94. The third-order valence-corrected chi connectivity index (χ3v) is 5.82. The zero-order valence-corrected chi connectivity index (χ0v) is 21.2. The maximum Gasteiger partial charge on any atom is 0.345 e. The minimum atomic E-state index is -0.603. The first-order valence-corrected chi connectivity index (χ1v) is 12.0. The predicted octanol–water partition coefficient (Wildman–Crippen LogP) is 6.52. The van der Waals surface area contributed by atoms with Crippen LogP contribution in [0, 0.1) is 0 Å². The molecule has 6 nitrogen and oxygen atoms in total. The maximum atomic E-state index is 12.5. The van der Waals surface area contributed by atoms with Gasteiger partial charge in [0.1, 0.15) is 11.5 Å². The Labute approximate surface area is 221 Å². The van der Waals surface area contributed by atoms with Gasteiger partial charge in [0.25, 0.3) is 5.91 Å². The minimum Gasteiger partial charge on any atom is -0.484 e. The fraction of sp³-hybridized carbons (Fsp3) is 0.0357. The summed E-state index contributed by atoms with van der Waals surface area (Å²) in [5.74, 6) is -0.221. The smallest absolute Gasteiger partial charge is 0.345 e. The van der Waals surface area contributed by atoms with Crippen LogP contribution in [0.3, 0.4) is 0 Å². The van der Waals surface area contributed by atoms with Crippen LogP contribution in [0.1, 0.15) is 15.9 Å². The molecule has 0 heterocycles. The fourth-order valence-corrected chi connectivity index (χ4v) is 3.82. The van der Waals surface area contributed by atoms with Crippen molar-refractivity contribution in [3.63, 3.8) is 0 Å². The van der Waals surface area contributed by atoms with Crippen LogP contribution in [0.5, 0.6) is 11.5 Å². The van der Waals surface area contributed by atoms with Gasteiger partial charge in [0.15, 0.2) is 6.61 Å². The van der Waals surface area contributed by atoms with Gasteiger partial charge in [-0.25, -0.2) is 10.2 Å². The Morgan fingerprint density at radius 1 is 0.889 bits per heavy atom. The van der Waals surface area contributed by atoms with Gasteiger partial charge in [0, 0.05) is 10.0 Å². The second kappa shape index (κ2) is 12.2. The molecular weight excluding hydrogens is 544 g/mol. The summed E-state index contributed by atoms with van der Waals surface area (Å²) in [4.78, 5) is 24.7. The van der Waals surface area contributed by atoms with E-state index in [2.05, 4.69) is 26.5 Å². The topological polar surface area (TPSA) is 77.0 Å². The van der Waals surface area contributed by atoms with Gasteiger partial charge in [-0.3, -0.25) is 4.79 Å². The summed E-state index contributed by atoms with van der Waals surface area (Å²) >= 11 is 9.46. The van der Waals surface area contributed by atoms with E-state index in [-0.39, 0.29) is 22.9 Å². The van der Waals surface area contributed by atoms with Crippen molar-refractivity contribution in [1.82, 2.24) is 5.43 Å². The average Bonchev–Trinajstić information content (AvgIpc) is 2.90. The second-order valence-corrected chi connectivity index (χ2v) is 8.85. The van der Waals surface area contributed by atoms with E-state index in [1.165, 1.54) is 6.21 Å². The molecule has 8 heteroatoms. The number of nitrogens with one attached hydrogen (secondary N) is 1. The van der Waals surface area contributed by atoms with Crippen LogP contribution in [0.25, 0.3) is 11.1 Å². The van der Waals surface area contributed by atoms with Crippen molar-refractivity contribution < 1.29 is 19.1 Å². The molecule has 4 rings (SSSR count). The van der Waals surface area contributed by atoms with Gasteiger partial charge in [-0.15, -0.1) is 0 Å². The summed E-state index contributed by atoms with van der Waals surface area (Å²) in [7, 11) is 0. The molecule has 36 heavy (non-hydrogen) atoms. The number of hydrazone groups is 1. The molecule has 0 saturated heterocycles. The van der Waals surface area contributed by atoms with E-state index in [1.54, 1.807) is 54.6 Å². The normalized spacial score (nSPS) is 10.7. The number of esters is 1. The van der Waals surface area contributed by atoms with Crippen molar-refractivity contribution in [3.8, 4) is 22.6 Å². The van der Waals surface area contributed by atoms with Gasteiger partial charge >= 0.3 is 5.97 Å². The lowest BCUT2D eigenvalue weighted by atomic mass is 10.1. The Balaban J connectivity index is 1.33. The lowest BCUT2D eigenvalue weighted by molar-refractivity contribution is -0.123. The molecule has 0 aromatic heterocycles. The molecule has 0 atom stereocenters. The number of hydrogen-bond acceptors (Lipinski definition) is 5. The number of hydrogen-bond donors (Lipinski definition) is 1. The first-order valence-electron chi connectivity index (χ1n) is 10.9. The Kier molecular flexibility index (Phi) is 8.49. The highest BCUT2D eigenvalue weighted by molar-refractivity contribution is 9.10. The van der Waals surface area contributed by atoms with Crippen LogP contribution in [-0.4, -0.2) is 24.7 Å². The number of nitrogens with zero attached hydrogens (tertiary/aromatic N) is 1. The molecule has 0 spiro atoms. The minimum absolute atomic E-state index is 0.213. The van der Waals surface area contributed by atoms with Gasteiger partial charge < -0.3 is 9.47 Å². The van der Waals surface area contributed by atoms with E-state index in [0.29, 0.717) is 11.3 Å². The molecule has 0 aliphatic heterocycles. The summed E-state index contributed by atoms with van der Waals surface area (Å²) in [6.45, 7) is -0.213. The van der Waals surface area contributed by atoms with Gasteiger partial charge in [-0.1, -0.05) is 82.1 Å². The maximum absolute atomic E-state index is 12.5. The molecule has 0 fully saturated rings. The number of benzene rings is 4. The van der Waals surface area contributed by atoms with E-state index < -0.39 is 11.9 Å². The van der Waals surface area contributed by atoms with E-state index in [1.807, 2.05) is 42.5 Å². The summed E-state index contributed by atoms with van der Waals surface area (Å²) in [5.41, 5.74) is 5.28. The van der Waals surface area contributed by atoms with E-state index in [9.17, 15) is 9.59 Å². The third kappa shape index (κ3) is 6.81. The van der Waals surface area contributed by atoms with Gasteiger partial charge in [0.2, 0.25) is 0 Å². The van der Waals surface area contributed by atoms with E-state index in [0.717, 1.165) is 15.6 Å². The molecule has 1 N–H and O–H groups in total. The van der Waals surface area contributed by atoms with Crippen molar-refractivity contribution in [2.24, 2.45) is 5.10 Å². The second-order valence-electron chi connectivity index (χ2n) is 7.52. The zero-order valence-electron chi connectivity index (χ0n) is 18.9. The molecule has 180 valence electrons. The van der Waals surface area contributed by atoms with Gasteiger partial charge in [-0.2, -0.15) is 5.10 Å². The van der Waals surface area contributed by atoms with Crippen LogP contribution in [0.15, 0.2) is 107 Å². The highest BCUT2D eigenvalue weighted by Gasteiger charge is 2.14. The molecular formula is C28H20BrClN2O4. The first kappa shape index (κ1) is 25.2. The monoisotopic (exact) mass is 562 g/mol. The van der Waals surface area contributed by atoms with Crippen molar-refractivity contribution in [3.05, 3.63) is 118 Å². The zero-order chi connectivity index (χ0) is 25.3. The molecule has 0 aliphatic rings. The van der Waals surface area contributed by atoms with Crippen molar-refractivity contribution in [1.29, 1.82) is 0 Å². The Morgan fingerprint density at radius 3 is 2.33 bits per heavy atom. The van der Waals surface area contributed by atoms with Gasteiger partial charge in [-0.05, 0) is 53.6 Å². The SMILES string of the molecule is O=C(COc1ccc(-c2ccccc2)cc1)NN=Cc1cc(Br)ccc1OC(=O)c1ccccc1Cl. The van der Waals surface area contributed by atoms with Crippen molar-refractivity contribution in [2.45, 2.75) is 0 Å². The number of amides is 1. The van der Waals surface area contributed by atoms with Crippen molar-refractivity contribution in [2.75, 3.05) is 6.61 Å². The van der Waals surface area contributed by atoms with Crippen LogP contribution >= 0.6 is 27.5 Å². The number of carbonyl (C=O) groups is 2. The molecule has 4 aromatic carbocycles. The molecule has 0 aliphatic carbocycles. The van der Waals surface area contributed by atoms with Crippen molar-refractivity contribution >= 4 is 45.6 Å². The standard InChI is InChI=1S/C28H20BrClN2O4/c29-22-12-15-26(36-28(34)24-8-4-5-9-25(24)30)21(16-22)17-31-32-27(33)18-35-23-13-10-20(11-14-23)19-6-2-1-3-7-19/h1-17H,18H2,(H,32,33). The first-order chi connectivity index (χ1) is 17.5. The predicted molar refractivity (Wildman–Crippen MR) is 144 cm³/mol. The Morgan fingerprint density at radius 2 is 1.58 bits per heavy atom. The molecule has 1 amide bonds. The van der Waals surface area contributed by atoms with Crippen LogP contribution in [0.4, 0.5) is 0 Å². The van der Waals surface area contributed by atoms with E-state index >= 15 is 0 Å². The van der Waals surface area contributed by atoms with Crippen LogP contribution in [-0.2, 0) is 4.79 Å². The quantitative estimate of drug-likeness (QED) is 0.115. The average molecular weight is 564 g/mol. The summed E-state index contributed by atoms with van der Waals surface area (Å²) in [6.07, 6.45) is 1.38. The molecule has 0 bridgehead atoms. The summed E-state index contributed by atoms with van der Waals surface area (Å²) < 4.78 is 11.8.